The summed E-state index contributed by atoms with van der Waals surface area (Å²) in [5.74, 6) is 0.394. The van der Waals surface area contributed by atoms with Crippen molar-refractivity contribution in [3.63, 3.8) is 0 Å². The molecule has 1 saturated carbocycles. The summed E-state index contributed by atoms with van der Waals surface area (Å²) >= 11 is 0. The smallest absolute Gasteiger partial charge is 0.335 e. The van der Waals surface area contributed by atoms with Gasteiger partial charge in [0.15, 0.2) is 0 Å². The van der Waals surface area contributed by atoms with Crippen molar-refractivity contribution in [2.45, 2.75) is 44.8 Å². The van der Waals surface area contributed by atoms with Crippen LogP contribution in [0.5, 0.6) is 0 Å². The second-order valence-corrected chi connectivity index (χ2v) is 5.55. The largest absolute Gasteiger partial charge is 0.416 e. The Kier molecular flexibility index (Phi) is 4.75. The molecule has 2 N–H and O–H groups in total. The van der Waals surface area contributed by atoms with Crippen LogP contribution < -0.4 is 10.6 Å². The van der Waals surface area contributed by atoms with Crippen LogP contribution in [0, 0.1) is 5.92 Å². The van der Waals surface area contributed by atoms with E-state index in [1.807, 2.05) is 0 Å². The zero-order valence-electron chi connectivity index (χ0n) is 11.8. The number of halogens is 3. The number of nitrogens with one attached hydrogen (secondary N) is 2. The maximum atomic E-state index is 12.6. The van der Waals surface area contributed by atoms with E-state index in [-0.39, 0.29) is 11.7 Å². The third-order valence-electron chi connectivity index (χ3n) is 3.88. The van der Waals surface area contributed by atoms with E-state index >= 15 is 0 Å². The predicted octanol–water partition coefficient (Wildman–Crippen LogP) is 4.41. The van der Waals surface area contributed by atoms with E-state index in [0.29, 0.717) is 5.92 Å². The maximum Gasteiger partial charge on any atom is 0.416 e. The summed E-state index contributed by atoms with van der Waals surface area (Å²) in [6, 6.07) is 4.27. The Hall–Kier alpha value is -1.72. The Bertz CT molecular complexity index is 502. The van der Waals surface area contributed by atoms with Gasteiger partial charge in [-0.2, -0.15) is 13.2 Å². The second kappa shape index (κ2) is 6.37. The van der Waals surface area contributed by atoms with Crippen molar-refractivity contribution >= 4 is 11.7 Å². The summed E-state index contributed by atoms with van der Waals surface area (Å²) in [4.78, 5) is 11.9. The number of alkyl halides is 3. The normalized spacial score (nSPS) is 22.7. The molecule has 0 aliphatic heterocycles. The number of hydrogen-bond acceptors (Lipinski definition) is 1. The van der Waals surface area contributed by atoms with E-state index in [0.717, 1.165) is 37.8 Å². The average Bonchev–Trinajstić information content (AvgIpc) is 2.41. The van der Waals surface area contributed by atoms with Crippen LogP contribution in [-0.2, 0) is 6.18 Å². The second-order valence-electron chi connectivity index (χ2n) is 5.55. The highest BCUT2D eigenvalue weighted by atomic mass is 19.4. The molecule has 6 heteroatoms. The van der Waals surface area contributed by atoms with E-state index in [1.54, 1.807) is 0 Å². The Morgan fingerprint density at radius 1 is 1.24 bits per heavy atom. The fourth-order valence-corrected chi connectivity index (χ4v) is 2.64. The number of urea groups is 1. The van der Waals surface area contributed by atoms with Gasteiger partial charge in [-0.25, -0.2) is 4.79 Å². The minimum absolute atomic E-state index is 0.0875. The Morgan fingerprint density at radius 3 is 2.62 bits per heavy atom. The van der Waals surface area contributed by atoms with Gasteiger partial charge < -0.3 is 10.6 Å². The Labute approximate surface area is 121 Å². The molecule has 0 spiro atoms. The SMILES string of the molecule is C[C@H]1CCCC[C@@H]1NC(=O)Nc1cccc(C(F)(F)F)c1. The molecule has 116 valence electrons. The van der Waals surface area contributed by atoms with Crippen molar-refractivity contribution in [2.75, 3.05) is 5.32 Å². The lowest BCUT2D eigenvalue weighted by molar-refractivity contribution is -0.137. The third-order valence-corrected chi connectivity index (χ3v) is 3.88. The predicted molar refractivity (Wildman–Crippen MR) is 75.0 cm³/mol. The third kappa shape index (κ3) is 4.37. The number of hydrogen-bond donors (Lipinski definition) is 2. The first-order valence-corrected chi connectivity index (χ1v) is 7.11. The van der Waals surface area contributed by atoms with Crippen molar-refractivity contribution < 1.29 is 18.0 Å². The van der Waals surface area contributed by atoms with Crippen molar-refractivity contribution in [3.05, 3.63) is 29.8 Å². The summed E-state index contributed by atoms with van der Waals surface area (Å²) < 4.78 is 37.8. The van der Waals surface area contributed by atoms with Gasteiger partial charge in [-0.1, -0.05) is 25.8 Å². The summed E-state index contributed by atoms with van der Waals surface area (Å²) in [5.41, 5.74) is -0.628. The molecular weight excluding hydrogens is 281 g/mol. The van der Waals surface area contributed by atoms with Crippen LogP contribution in [-0.4, -0.2) is 12.1 Å². The number of anilines is 1. The van der Waals surface area contributed by atoms with Gasteiger partial charge in [0.1, 0.15) is 0 Å². The van der Waals surface area contributed by atoms with Crippen LogP contribution in [0.25, 0.3) is 0 Å². The standard InChI is InChI=1S/C15H19F3N2O/c1-10-5-2-3-8-13(10)20-14(21)19-12-7-4-6-11(9-12)15(16,17)18/h4,6-7,9-10,13H,2-3,5,8H2,1H3,(H2,19,20,21)/t10-,13-/m0/s1. The summed E-state index contributed by atoms with van der Waals surface area (Å²) in [6.45, 7) is 2.08. The highest BCUT2D eigenvalue weighted by Gasteiger charge is 2.30. The van der Waals surface area contributed by atoms with E-state index in [4.69, 9.17) is 0 Å². The average molecular weight is 300 g/mol. The molecule has 2 rings (SSSR count). The first-order chi connectivity index (χ1) is 9.86. The van der Waals surface area contributed by atoms with Crippen molar-refractivity contribution in [3.8, 4) is 0 Å². The number of rotatable bonds is 2. The van der Waals surface area contributed by atoms with Crippen LogP contribution in [0.4, 0.5) is 23.7 Å². The molecule has 2 atom stereocenters. The van der Waals surface area contributed by atoms with Gasteiger partial charge in [0, 0.05) is 11.7 Å². The van der Waals surface area contributed by atoms with E-state index in [9.17, 15) is 18.0 Å². The molecule has 21 heavy (non-hydrogen) atoms. The van der Waals surface area contributed by atoms with E-state index in [1.165, 1.54) is 12.1 Å². The van der Waals surface area contributed by atoms with Crippen LogP contribution in [0.2, 0.25) is 0 Å². The fourth-order valence-electron chi connectivity index (χ4n) is 2.64. The zero-order chi connectivity index (χ0) is 15.5. The molecule has 1 aromatic carbocycles. The Morgan fingerprint density at radius 2 is 1.95 bits per heavy atom. The molecule has 1 aromatic rings. The lowest BCUT2D eigenvalue weighted by atomic mass is 9.86. The van der Waals surface area contributed by atoms with E-state index < -0.39 is 17.8 Å². The quantitative estimate of drug-likeness (QED) is 0.834. The van der Waals surface area contributed by atoms with Crippen molar-refractivity contribution in [2.24, 2.45) is 5.92 Å². The van der Waals surface area contributed by atoms with Crippen LogP contribution >= 0.6 is 0 Å². The maximum absolute atomic E-state index is 12.6. The molecule has 0 unspecified atom stereocenters. The number of amides is 2. The van der Waals surface area contributed by atoms with Gasteiger partial charge in [-0.05, 0) is 37.0 Å². The lowest BCUT2D eigenvalue weighted by Crippen LogP contribution is -2.43. The van der Waals surface area contributed by atoms with Crippen LogP contribution in [0.3, 0.4) is 0 Å². The van der Waals surface area contributed by atoms with Gasteiger partial charge in [0.05, 0.1) is 5.56 Å². The monoisotopic (exact) mass is 300 g/mol. The van der Waals surface area contributed by atoms with Gasteiger partial charge >= 0.3 is 12.2 Å². The highest BCUT2D eigenvalue weighted by molar-refractivity contribution is 5.89. The van der Waals surface area contributed by atoms with Crippen molar-refractivity contribution in [1.82, 2.24) is 5.32 Å². The first-order valence-electron chi connectivity index (χ1n) is 7.11. The summed E-state index contributed by atoms with van der Waals surface area (Å²) in [7, 11) is 0. The molecule has 0 saturated heterocycles. The molecule has 1 fully saturated rings. The van der Waals surface area contributed by atoms with Gasteiger partial charge in [-0.15, -0.1) is 0 Å². The first kappa shape index (κ1) is 15.7. The minimum atomic E-state index is -4.41. The molecule has 0 heterocycles. The van der Waals surface area contributed by atoms with Gasteiger partial charge in [0.25, 0.3) is 0 Å². The molecule has 2 amide bonds. The van der Waals surface area contributed by atoms with Gasteiger partial charge in [-0.3, -0.25) is 0 Å². The topological polar surface area (TPSA) is 41.1 Å². The van der Waals surface area contributed by atoms with Gasteiger partial charge in [0.2, 0.25) is 0 Å². The van der Waals surface area contributed by atoms with E-state index in [2.05, 4.69) is 17.6 Å². The summed E-state index contributed by atoms with van der Waals surface area (Å²) in [6.07, 6.45) is -0.203. The lowest BCUT2D eigenvalue weighted by Gasteiger charge is -2.29. The van der Waals surface area contributed by atoms with Crippen LogP contribution in [0.15, 0.2) is 24.3 Å². The molecule has 1 aliphatic carbocycles. The molecule has 0 aromatic heterocycles. The fraction of sp³-hybridized carbons (Fsp3) is 0.533. The zero-order valence-corrected chi connectivity index (χ0v) is 11.8. The molecule has 3 nitrogen and oxygen atoms in total. The molecule has 0 bridgehead atoms. The number of carbonyl (C=O) groups excluding carboxylic acids is 1. The molecule has 0 radical (unpaired) electrons. The summed E-state index contributed by atoms with van der Waals surface area (Å²) in [5, 5.41) is 5.32. The molecule has 1 aliphatic rings. The van der Waals surface area contributed by atoms with Crippen LogP contribution in [0.1, 0.15) is 38.2 Å². The number of benzene rings is 1. The number of carbonyl (C=O) groups is 1. The molecular formula is C15H19F3N2O. The van der Waals surface area contributed by atoms with Crippen molar-refractivity contribution in [1.29, 1.82) is 0 Å². The highest BCUT2D eigenvalue weighted by Crippen LogP contribution is 2.30. The minimum Gasteiger partial charge on any atom is -0.335 e. The Balaban J connectivity index is 1.96.